The van der Waals surface area contributed by atoms with E-state index in [-0.39, 0.29) is 0 Å². The Bertz CT molecular complexity index is 1260. The first-order valence-electron chi connectivity index (χ1n) is 12.3. The maximum absolute atomic E-state index is 6.16. The third-order valence-electron chi connectivity index (χ3n) is 6.01. The number of hydrogen-bond donors (Lipinski definition) is 0. The minimum absolute atomic E-state index is 0.369. The zero-order valence-electron chi connectivity index (χ0n) is 20.9. The monoisotopic (exact) mass is 470 g/mol. The van der Waals surface area contributed by atoms with Crippen LogP contribution in [-0.4, -0.2) is 23.3 Å². The van der Waals surface area contributed by atoms with Gasteiger partial charge in [0.2, 0.25) is 0 Å². The van der Waals surface area contributed by atoms with Crippen LogP contribution in [0.4, 0.5) is 0 Å². The molecule has 0 N–H and O–H groups in total. The van der Waals surface area contributed by atoms with Gasteiger partial charge in [-0.05, 0) is 73.7 Å². The molecule has 0 amide bonds. The first kappa shape index (κ1) is 24.4. The molecule has 0 spiro atoms. The number of ether oxygens (including phenoxy) is 3. The Hall–Kier alpha value is -3.73. The lowest BCUT2D eigenvalue weighted by Crippen LogP contribution is -2.09. The molecule has 35 heavy (non-hydrogen) atoms. The number of rotatable bonds is 12. The minimum Gasteiger partial charge on any atom is -0.494 e. The molecule has 1 aromatic heterocycles. The molecule has 5 heteroatoms. The average molecular weight is 471 g/mol. The smallest absolute Gasteiger partial charge is 0.161 e. The number of fused-ring (bicyclic) bond motifs is 1. The summed E-state index contributed by atoms with van der Waals surface area (Å²) in [5.74, 6) is 3.26. The van der Waals surface area contributed by atoms with E-state index < -0.39 is 0 Å². The van der Waals surface area contributed by atoms with E-state index in [4.69, 9.17) is 19.2 Å². The number of aryl methyl sites for hydroxylation is 2. The molecular weight excluding hydrogens is 436 g/mol. The Kier molecular flexibility index (Phi) is 8.44. The highest BCUT2D eigenvalue weighted by Gasteiger charge is 2.13. The lowest BCUT2D eigenvalue weighted by molar-refractivity contribution is 0.270. The van der Waals surface area contributed by atoms with Crippen molar-refractivity contribution in [1.82, 2.24) is 9.55 Å². The molecule has 0 atom stereocenters. The van der Waals surface area contributed by atoms with Crippen LogP contribution in [0.15, 0.2) is 72.8 Å². The second-order valence-corrected chi connectivity index (χ2v) is 8.42. The number of methoxy groups -OCH3 is 1. The van der Waals surface area contributed by atoms with E-state index >= 15 is 0 Å². The number of benzene rings is 3. The van der Waals surface area contributed by atoms with E-state index in [1.54, 1.807) is 7.11 Å². The Morgan fingerprint density at radius 1 is 0.914 bits per heavy atom. The van der Waals surface area contributed by atoms with Crippen molar-refractivity contribution in [3.63, 3.8) is 0 Å². The van der Waals surface area contributed by atoms with Gasteiger partial charge in [-0.1, -0.05) is 49.4 Å². The summed E-state index contributed by atoms with van der Waals surface area (Å²) in [4.78, 5) is 4.85. The quantitative estimate of drug-likeness (QED) is 0.208. The highest BCUT2D eigenvalue weighted by molar-refractivity contribution is 5.75. The van der Waals surface area contributed by atoms with E-state index in [2.05, 4.69) is 47.9 Å². The van der Waals surface area contributed by atoms with Gasteiger partial charge in [0.25, 0.3) is 0 Å². The molecule has 0 aliphatic heterocycles. The highest BCUT2D eigenvalue weighted by Crippen LogP contribution is 2.30. The summed E-state index contributed by atoms with van der Waals surface area (Å²) in [5, 5.41) is 0. The van der Waals surface area contributed by atoms with E-state index in [0.717, 1.165) is 54.0 Å². The van der Waals surface area contributed by atoms with Crippen LogP contribution in [0, 0.1) is 0 Å². The maximum Gasteiger partial charge on any atom is 0.161 e. The van der Waals surface area contributed by atoms with Gasteiger partial charge in [-0.3, -0.25) is 0 Å². The summed E-state index contributed by atoms with van der Waals surface area (Å²) < 4.78 is 19.9. The summed E-state index contributed by atoms with van der Waals surface area (Å²) in [6.45, 7) is 6.08. The molecule has 0 aliphatic carbocycles. The van der Waals surface area contributed by atoms with Crippen LogP contribution < -0.4 is 14.2 Å². The fraction of sp³-hybridized carbons (Fsp3) is 0.300. The summed E-state index contributed by atoms with van der Waals surface area (Å²) in [6.07, 6.45) is 7.03. The Morgan fingerprint density at radius 3 is 2.51 bits per heavy atom. The second kappa shape index (κ2) is 12.1. The van der Waals surface area contributed by atoms with Gasteiger partial charge >= 0.3 is 0 Å². The predicted molar refractivity (Wildman–Crippen MR) is 142 cm³/mol. The van der Waals surface area contributed by atoms with Crippen molar-refractivity contribution in [3.8, 4) is 17.2 Å². The zero-order valence-corrected chi connectivity index (χ0v) is 20.9. The van der Waals surface area contributed by atoms with Gasteiger partial charge in [0.1, 0.15) is 18.2 Å². The van der Waals surface area contributed by atoms with E-state index in [1.165, 1.54) is 5.56 Å². The SMILES string of the molecule is C/C=C\c1ccc(OCc2nc3ccccc3n2CCCCOc2ccc(CC)cc2)c(OC)c1. The first-order valence-corrected chi connectivity index (χ1v) is 12.3. The molecule has 4 rings (SSSR count). The van der Waals surface area contributed by atoms with Crippen LogP contribution in [0.2, 0.25) is 0 Å². The number of allylic oxidation sites excluding steroid dienone is 1. The van der Waals surface area contributed by atoms with Crippen molar-refractivity contribution in [1.29, 1.82) is 0 Å². The van der Waals surface area contributed by atoms with Gasteiger partial charge in [0.05, 0.1) is 24.8 Å². The van der Waals surface area contributed by atoms with Gasteiger partial charge in [-0.25, -0.2) is 4.98 Å². The van der Waals surface area contributed by atoms with Gasteiger partial charge < -0.3 is 18.8 Å². The first-order chi connectivity index (χ1) is 17.2. The number of hydrogen-bond acceptors (Lipinski definition) is 4. The molecule has 0 radical (unpaired) electrons. The van der Waals surface area contributed by atoms with Gasteiger partial charge in [-0.2, -0.15) is 0 Å². The summed E-state index contributed by atoms with van der Waals surface area (Å²) in [7, 11) is 1.66. The second-order valence-electron chi connectivity index (χ2n) is 8.42. The molecule has 182 valence electrons. The number of para-hydroxylation sites is 2. The third-order valence-corrected chi connectivity index (χ3v) is 6.01. The van der Waals surface area contributed by atoms with Crippen molar-refractivity contribution in [2.45, 2.75) is 46.3 Å². The molecule has 3 aromatic carbocycles. The standard InChI is InChI=1S/C30H34N2O3/c1-4-10-24-15-18-28(29(21-24)33-3)35-22-30-31-26-11-6-7-12-27(26)32(30)19-8-9-20-34-25-16-13-23(5-2)14-17-25/h4,6-7,10-18,21H,5,8-9,19-20,22H2,1-3H3/b10-4-. The molecule has 5 nitrogen and oxygen atoms in total. The fourth-order valence-corrected chi connectivity index (χ4v) is 4.11. The Morgan fingerprint density at radius 2 is 1.74 bits per heavy atom. The van der Waals surface area contributed by atoms with Crippen molar-refractivity contribution in [2.24, 2.45) is 0 Å². The van der Waals surface area contributed by atoms with Gasteiger partial charge in [0.15, 0.2) is 11.5 Å². The summed E-state index contributed by atoms with van der Waals surface area (Å²) in [6, 6.07) is 22.5. The zero-order chi connectivity index (χ0) is 24.5. The van der Waals surface area contributed by atoms with Crippen LogP contribution in [0.25, 0.3) is 17.1 Å². The Labute approximate surface area is 208 Å². The topological polar surface area (TPSA) is 45.5 Å². The number of aromatic nitrogens is 2. The molecule has 0 aliphatic rings. The number of nitrogens with zero attached hydrogens (tertiary/aromatic N) is 2. The van der Waals surface area contributed by atoms with Crippen molar-refractivity contribution in [3.05, 3.63) is 89.8 Å². The molecular formula is C30H34N2O3. The number of imidazole rings is 1. The predicted octanol–water partition coefficient (Wildman–Crippen LogP) is 7.08. The largest absolute Gasteiger partial charge is 0.494 e. The third kappa shape index (κ3) is 6.24. The molecule has 0 unspecified atom stereocenters. The van der Waals surface area contributed by atoms with E-state index in [9.17, 15) is 0 Å². The minimum atomic E-state index is 0.369. The molecule has 0 saturated carbocycles. The normalized spacial score (nSPS) is 11.3. The van der Waals surface area contributed by atoms with E-state index in [0.29, 0.717) is 24.7 Å². The molecule has 4 aromatic rings. The molecule has 1 heterocycles. The van der Waals surface area contributed by atoms with Crippen LogP contribution in [0.3, 0.4) is 0 Å². The average Bonchev–Trinajstić information content (AvgIpc) is 3.25. The maximum atomic E-state index is 6.16. The van der Waals surface area contributed by atoms with Gasteiger partial charge in [0, 0.05) is 6.54 Å². The molecule has 0 saturated heterocycles. The van der Waals surface area contributed by atoms with Crippen LogP contribution in [-0.2, 0) is 19.6 Å². The lowest BCUT2D eigenvalue weighted by atomic mass is 10.2. The highest BCUT2D eigenvalue weighted by atomic mass is 16.5. The fourth-order valence-electron chi connectivity index (χ4n) is 4.11. The summed E-state index contributed by atoms with van der Waals surface area (Å²) >= 11 is 0. The van der Waals surface area contributed by atoms with Crippen molar-refractivity contribution in [2.75, 3.05) is 13.7 Å². The lowest BCUT2D eigenvalue weighted by Gasteiger charge is -2.13. The van der Waals surface area contributed by atoms with Crippen molar-refractivity contribution >= 4 is 17.1 Å². The van der Waals surface area contributed by atoms with Crippen molar-refractivity contribution < 1.29 is 14.2 Å². The van der Waals surface area contributed by atoms with E-state index in [1.807, 2.05) is 49.4 Å². The van der Waals surface area contributed by atoms with Crippen LogP contribution in [0.1, 0.15) is 43.6 Å². The molecule has 0 fully saturated rings. The molecule has 0 bridgehead atoms. The summed E-state index contributed by atoms with van der Waals surface area (Å²) in [5.41, 5.74) is 4.50. The Balaban J connectivity index is 1.39. The van der Waals surface area contributed by atoms with Crippen LogP contribution >= 0.6 is 0 Å². The van der Waals surface area contributed by atoms with Gasteiger partial charge in [-0.15, -0.1) is 0 Å². The number of unbranched alkanes of at least 4 members (excludes halogenated alkanes) is 1. The van der Waals surface area contributed by atoms with Crippen LogP contribution in [0.5, 0.6) is 17.2 Å².